The molecule has 0 aromatic rings. The van der Waals surface area contributed by atoms with E-state index in [0.29, 0.717) is 6.54 Å². The first-order valence-corrected chi connectivity index (χ1v) is 3.11. The lowest BCUT2D eigenvalue weighted by Crippen LogP contribution is -1.92. The third-order valence-corrected chi connectivity index (χ3v) is 0.526. The van der Waals surface area contributed by atoms with Gasteiger partial charge in [-0.2, -0.15) is 8.42 Å². The van der Waals surface area contributed by atoms with E-state index in [1.807, 2.05) is 19.9 Å². The molecule has 0 aliphatic carbocycles. The molecule has 0 saturated carbocycles. The smallest absolute Gasteiger partial charge is 0.327 e. The molecule has 0 spiro atoms. The molecule has 0 heterocycles. The average molecular weight is 186 g/mol. The van der Waals surface area contributed by atoms with Gasteiger partial charge in [-0.3, -0.25) is 0 Å². The minimum absolute atomic E-state index is 0. The van der Waals surface area contributed by atoms with Crippen molar-refractivity contribution in [3.63, 3.8) is 0 Å². The van der Waals surface area contributed by atoms with Gasteiger partial charge in [0.25, 0.3) is 0 Å². The fourth-order valence-corrected chi connectivity index (χ4v) is 0.236. The van der Waals surface area contributed by atoms with Crippen LogP contribution in [0.3, 0.4) is 0 Å². The van der Waals surface area contributed by atoms with Crippen LogP contribution < -0.4 is 5.73 Å². The summed E-state index contributed by atoms with van der Waals surface area (Å²) < 4.78 is 16.6. The third kappa shape index (κ3) is 45.9. The Hall–Kier alpha value is -0.190. The van der Waals surface area contributed by atoms with Gasteiger partial charge < -0.3 is 5.73 Å². The van der Waals surface area contributed by atoms with E-state index in [1.54, 1.807) is 0 Å². The Balaban J connectivity index is -0.000000107. The number of hydrogen-bond donors (Lipinski definition) is 1. The zero-order valence-electron chi connectivity index (χ0n) is 5.99. The lowest BCUT2D eigenvalue weighted by atomic mass is 10.3. The Morgan fingerprint density at radius 2 is 1.80 bits per heavy atom. The van der Waals surface area contributed by atoms with Crippen LogP contribution in [0.1, 0.15) is 13.8 Å². The second kappa shape index (κ2) is 15.9. The Morgan fingerprint density at radius 3 is 1.80 bits per heavy atom. The largest absolute Gasteiger partial charge is 0.335 e. The summed E-state index contributed by atoms with van der Waals surface area (Å²) in [5.74, 6) is 0. The lowest BCUT2D eigenvalue weighted by molar-refractivity contribution is 0.630. The third-order valence-electron chi connectivity index (χ3n) is 0.526. The van der Waals surface area contributed by atoms with E-state index in [1.165, 1.54) is 5.57 Å². The Kier molecular flexibility index (Phi) is 26.1. The molecule has 0 atom stereocenters. The molecule has 0 aromatic heterocycles. The molecule has 0 radical (unpaired) electrons. The normalized spacial score (nSPS) is 5.90. The van der Waals surface area contributed by atoms with Crippen LogP contribution in [-0.2, 0) is 11.6 Å². The van der Waals surface area contributed by atoms with Gasteiger partial charge in [-0.1, -0.05) is 11.6 Å². The average Bonchev–Trinajstić information content (AvgIpc) is 1.67. The predicted molar refractivity (Wildman–Crippen MR) is 44.7 cm³/mol. The standard InChI is InChI=1S/C5H11N.ClH.O2S/c1-5(2)3-4-6;;1-3-2/h3H,4,6H2,1-2H3;1H;. The van der Waals surface area contributed by atoms with Crippen LogP contribution in [0.4, 0.5) is 0 Å². The predicted octanol–water partition coefficient (Wildman–Crippen LogP) is 0.663. The monoisotopic (exact) mass is 185 g/mol. The van der Waals surface area contributed by atoms with Crippen molar-refractivity contribution in [1.82, 2.24) is 0 Å². The molecule has 3 nitrogen and oxygen atoms in total. The van der Waals surface area contributed by atoms with E-state index in [0.717, 1.165) is 0 Å². The number of allylic oxidation sites excluding steroid dienone is 1. The maximum atomic E-state index is 8.29. The van der Waals surface area contributed by atoms with Crippen molar-refractivity contribution in [2.24, 2.45) is 5.73 Å². The highest BCUT2D eigenvalue weighted by Gasteiger charge is 1.67. The first-order chi connectivity index (χ1) is 4.18. The number of rotatable bonds is 1. The highest BCUT2D eigenvalue weighted by Crippen LogP contribution is 1.82. The fourth-order valence-electron chi connectivity index (χ4n) is 0.236. The molecule has 2 N–H and O–H groups in total. The molecule has 0 amide bonds. The van der Waals surface area contributed by atoms with Crippen LogP contribution in [0.2, 0.25) is 0 Å². The second-order valence-electron chi connectivity index (χ2n) is 1.59. The number of hydrogen-bond acceptors (Lipinski definition) is 3. The first kappa shape index (κ1) is 16.4. The van der Waals surface area contributed by atoms with Crippen molar-refractivity contribution in [2.75, 3.05) is 6.54 Å². The maximum Gasteiger partial charge on any atom is 0.335 e. The van der Waals surface area contributed by atoms with Crippen LogP contribution in [0.15, 0.2) is 11.6 Å². The Morgan fingerprint density at radius 1 is 1.50 bits per heavy atom. The molecule has 0 aliphatic heterocycles. The van der Waals surface area contributed by atoms with Crippen molar-refractivity contribution in [3.8, 4) is 0 Å². The highest BCUT2D eigenvalue weighted by molar-refractivity contribution is 7.51. The summed E-state index contributed by atoms with van der Waals surface area (Å²) in [6.07, 6.45) is 1.99. The van der Waals surface area contributed by atoms with Gasteiger partial charge in [-0.05, 0) is 13.8 Å². The van der Waals surface area contributed by atoms with Gasteiger partial charge in [0.05, 0.1) is 0 Å². The van der Waals surface area contributed by atoms with Gasteiger partial charge in [0.1, 0.15) is 0 Å². The molecular weight excluding hydrogens is 174 g/mol. The summed E-state index contributed by atoms with van der Waals surface area (Å²) in [4.78, 5) is 0. The van der Waals surface area contributed by atoms with Crippen molar-refractivity contribution in [3.05, 3.63) is 11.6 Å². The fraction of sp³-hybridized carbons (Fsp3) is 0.600. The minimum atomic E-state index is -0.750. The second-order valence-corrected chi connectivity index (χ2v) is 1.72. The van der Waals surface area contributed by atoms with Crippen LogP contribution in [0.5, 0.6) is 0 Å². The molecule has 0 aromatic carbocycles. The van der Waals surface area contributed by atoms with Crippen LogP contribution >= 0.6 is 12.4 Å². The van der Waals surface area contributed by atoms with E-state index in [-0.39, 0.29) is 12.4 Å². The van der Waals surface area contributed by atoms with Crippen LogP contribution in [0, 0.1) is 0 Å². The van der Waals surface area contributed by atoms with E-state index in [4.69, 9.17) is 14.2 Å². The molecule has 62 valence electrons. The first-order valence-electron chi connectivity index (χ1n) is 2.44. The minimum Gasteiger partial charge on any atom is -0.327 e. The zero-order chi connectivity index (χ0) is 7.70. The van der Waals surface area contributed by atoms with Gasteiger partial charge in [-0.25, -0.2) is 0 Å². The van der Waals surface area contributed by atoms with E-state index < -0.39 is 11.6 Å². The Labute approximate surface area is 70.7 Å². The summed E-state index contributed by atoms with van der Waals surface area (Å²) in [6, 6.07) is 0. The molecule has 5 heteroatoms. The van der Waals surface area contributed by atoms with Crippen molar-refractivity contribution in [2.45, 2.75) is 13.8 Å². The number of nitrogens with two attached hydrogens (primary N) is 1. The van der Waals surface area contributed by atoms with E-state index in [2.05, 4.69) is 0 Å². The molecule has 0 unspecified atom stereocenters. The molecule has 0 aliphatic rings. The van der Waals surface area contributed by atoms with E-state index in [9.17, 15) is 0 Å². The molecule has 10 heavy (non-hydrogen) atoms. The van der Waals surface area contributed by atoms with Gasteiger partial charge >= 0.3 is 11.6 Å². The molecule has 0 bridgehead atoms. The van der Waals surface area contributed by atoms with Crippen LogP contribution in [-0.4, -0.2) is 15.0 Å². The zero-order valence-corrected chi connectivity index (χ0v) is 7.63. The maximum absolute atomic E-state index is 8.29. The summed E-state index contributed by atoms with van der Waals surface area (Å²) in [7, 11) is 0. The molecule has 0 rings (SSSR count). The van der Waals surface area contributed by atoms with Crippen molar-refractivity contribution >= 4 is 24.0 Å². The van der Waals surface area contributed by atoms with Gasteiger partial charge in [0, 0.05) is 6.54 Å². The van der Waals surface area contributed by atoms with Crippen molar-refractivity contribution in [1.29, 1.82) is 0 Å². The summed E-state index contributed by atoms with van der Waals surface area (Å²) in [6.45, 7) is 4.74. The lowest BCUT2D eigenvalue weighted by Gasteiger charge is -1.80. The quantitative estimate of drug-likeness (QED) is 0.611. The molecule has 0 saturated heterocycles. The van der Waals surface area contributed by atoms with E-state index >= 15 is 0 Å². The summed E-state index contributed by atoms with van der Waals surface area (Å²) in [5, 5.41) is 0. The van der Waals surface area contributed by atoms with Gasteiger partial charge in [-0.15, -0.1) is 12.4 Å². The highest BCUT2D eigenvalue weighted by atomic mass is 35.5. The van der Waals surface area contributed by atoms with Crippen molar-refractivity contribution < 1.29 is 8.42 Å². The SMILES string of the molecule is CC(C)=CCN.Cl.O=S=O. The molecule has 0 fully saturated rings. The topological polar surface area (TPSA) is 60.2 Å². The van der Waals surface area contributed by atoms with Gasteiger partial charge in [0.15, 0.2) is 0 Å². The number of halogens is 1. The molecular formula is C5H12ClNO2S. The van der Waals surface area contributed by atoms with Crippen LogP contribution in [0.25, 0.3) is 0 Å². The summed E-state index contributed by atoms with van der Waals surface area (Å²) in [5.41, 5.74) is 6.44. The Bertz CT molecular complexity index is 117. The summed E-state index contributed by atoms with van der Waals surface area (Å²) >= 11 is -0.750. The van der Waals surface area contributed by atoms with Gasteiger partial charge in [0.2, 0.25) is 0 Å².